The molecule has 0 unspecified atom stereocenters. The van der Waals surface area contributed by atoms with Crippen LogP contribution in [0.2, 0.25) is 0 Å². The highest BCUT2D eigenvalue weighted by Gasteiger charge is 1.96. The molecule has 156 valence electrons. The molecule has 3 heteroatoms. The van der Waals surface area contributed by atoms with Crippen LogP contribution in [0, 0.1) is 6.92 Å². The van der Waals surface area contributed by atoms with E-state index in [0.717, 1.165) is 32.7 Å². The highest BCUT2D eigenvalue weighted by Crippen LogP contribution is 2.04. The van der Waals surface area contributed by atoms with Crippen molar-refractivity contribution >= 4 is 0 Å². The molecule has 0 aliphatic carbocycles. The van der Waals surface area contributed by atoms with E-state index in [-0.39, 0.29) is 0 Å². The molecule has 0 saturated carbocycles. The van der Waals surface area contributed by atoms with Crippen molar-refractivity contribution < 1.29 is 14.2 Å². The highest BCUT2D eigenvalue weighted by atomic mass is 16.5. The normalized spacial score (nSPS) is 10.8. The molecule has 0 aliphatic rings. The van der Waals surface area contributed by atoms with Crippen molar-refractivity contribution in [2.75, 3.05) is 19.8 Å². The van der Waals surface area contributed by atoms with Crippen molar-refractivity contribution in [1.29, 1.82) is 0 Å². The molecule has 0 spiro atoms. The molecule has 2 aromatic rings. The first-order valence-electron chi connectivity index (χ1n) is 10.4. The molecule has 0 fully saturated rings. The van der Waals surface area contributed by atoms with Crippen LogP contribution in [-0.2, 0) is 27.2 Å². The Bertz CT molecular complexity index is 591. The number of aryl methyl sites for hydroxylation is 1. The minimum absolute atomic E-state index is 0.319. The van der Waals surface area contributed by atoms with E-state index in [1.165, 1.54) is 16.7 Å². The molecule has 0 saturated heterocycles. The Labute approximate surface area is 172 Å². The first-order chi connectivity index (χ1) is 13.5. The molecular formula is C25H38O3. The van der Waals surface area contributed by atoms with Gasteiger partial charge in [0, 0.05) is 13.2 Å². The third kappa shape index (κ3) is 13.5. The van der Waals surface area contributed by atoms with Crippen molar-refractivity contribution in [3.8, 4) is 0 Å². The van der Waals surface area contributed by atoms with Crippen LogP contribution in [0.4, 0.5) is 0 Å². The summed E-state index contributed by atoms with van der Waals surface area (Å²) in [6.07, 6.45) is 2.63. The van der Waals surface area contributed by atoms with E-state index in [0.29, 0.717) is 18.8 Å². The van der Waals surface area contributed by atoms with E-state index >= 15 is 0 Å². The minimum atomic E-state index is 0.319. The summed E-state index contributed by atoms with van der Waals surface area (Å²) in [6.45, 7) is 13.4. The quantitative estimate of drug-likeness (QED) is 0.445. The SMILES string of the molecule is CC(C)OCCCOCc1ccccc1.Cc1ccc(CCOC(C)C)cc1. The number of hydrogen-bond acceptors (Lipinski definition) is 3. The average Bonchev–Trinajstić information content (AvgIpc) is 2.67. The van der Waals surface area contributed by atoms with Crippen LogP contribution in [0.1, 0.15) is 50.8 Å². The van der Waals surface area contributed by atoms with Gasteiger partial charge in [-0.15, -0.1) is 0 Å². The summed E-state index contributed by atoms with van der Waals surface area (Å²) in [5.41, 5.74) is 3.89. The topological polar surface area (TPSA) is 27.7 Å². The van der Waals surface area contributed by atoms with E-state index in [9.17, 15) is 0 Å². The summed E-state index contributed by atoms with van der Waals surface area (Å²) in [6, 6.07) is 18.8. The Hall–Kier alpha value is -1.68. The van der Waals surface area contributed by atoms with E-state index in [1.54, 1.807) is 0 Å². The molecular weight excluding hydrogens is 348 g/mol. The third-order valence-electron chi connectivity index (χ3n) is 3.96. The van der Waals surface area contributed by atoms with Gasteiger partial charge in [0.15, 0.2) is 0 Å². The smallest absolute Gasteiger partial charge is 0.0716 e. The molecule has 2 rings (SSSR count). The van der Waals surface area contributed by atoms with E-state index in [2.05, 4.69) is 57.2 Å². The minimum Gasteiger partial charge on any atom is -0.379 e. The molecule has 0 bridgehead atoms. The van der Waals surface area contributed by atoms with Gasteiger partial charge >= 0.3 is 0 Å². The van der Waals surface area contributed by atoms with Crippen LogP contribution in [-0.4, -0.2) is 32.0 Å². The zero-order valence-corrected chi connectivity index (χ0v) is 18.3. The van der Waals surface area contributed by atoms with Crippen molar-refractivity contribution in [2.24, 2.45) is 0 Å². The second kappa shape index (κ2) is 15.3. The van der Waals surface area contributed by atoms with Gasteiger partial charge in [-0.1, -0.05) is 60.2 Å². The third-order valence-corrected chi connectivity index (χ3v) is 3.96. The Morgan fingerprint density at radius 2 is 1.29 bits per heavy atom. The molecule has 3 nitrogen and oxygen atoms in total. The van der Waals surface area contributed by atoms with Gasteiger partial charge in [-0.05, 0) is 58.6 Å². The van der Waals surface area contributed by atoms with Gasteiger partial charge in [-0.2, -0.15) is 0 Å². The fourth-order valence-corrected chi connectivity index (χ4v) is 2.41. The average molecular weight is 387 g/mol. The second-order valence-electron chi connectivity index (χ2n) is 7.47. The maximum atomic E-state index is 5.52. The van der Waals surface area contributed by atoms with Gasteiger partial charge in [0.05, 0.1) is 25.4 Å². The van der Waals surface area contributed by atoms with Gasteiger partial charge in [-0.3, -0.25) is 0 Å². The summed E-state index contributed by atoms with van der Waals surface area (Å²) in [4.78, 5) is 0. The number of benzene rings is 2. The lowest BCUT2D eigenvalue weighted by molar-refractivity contribution is 0.0476. The first kappa shape index (κ1) is 24.4. The lowest BCUT2D eigenvalue weighted by Crippen LogP contribution is -2.06. The predicted molar refractivity (Wildman–Crippen MR) is 118 cm³/mol. The number of ether oxygens (including phenoxy) is 3. The van der Waals surface area contributed by atoms with Gasteiger partial charge in [0.2, 0.25) is 0 Å². The Morgan fingerprint density at radius 1 is 0.679 bits per heavy atom. The van der Waals surface area contributed by atoms with E-state index < -0.39 is 0 Å². The first-order valence-corrected chi connectivity index (χ1v) is 10.4. The highest BCUT2D eigenvalue weighted by molar-refractivity contribution is 5.21. The molecule has 0 N–H and O–H groups in total. The molecule has 0 atom stereocenters. The maximum Gasteiger partial charge on any atom is 0.0716 e. The Kier molecular flexibility index (Phi) is 13.3. The molecule has 0 aromatic heterocycles. The van der Waals surface area contributed by atoms with Gasteiger partial charge in [0.1, 0.15) is 0 Å². The van der Waals surface area contributed by atoms with Crippen molar-refractivity contribution in [3.05, 3.63) is 71.3 Å². The van der Waals surface area contributed by atoms with Gasteiger partial charge in [-0.25, -0.2) is 0 Å². The monoisotopic (exact) mass is 386 g/mol. The number of rotatable bonds is 11. The Morgan fingerprint density at radius 3 is 1.89 bits per heavy atom. The summed E-state index contributed by atoms with van der Waals surface area (Å²) in [5.74, 6) is 0. The molecule has 0 amide bonds. The number of hydrogen-bond donors (Lipinski definition) is 0. The van der Waals surface area contributed by atoms with Crippen molar-refractivity contribution in [2.45, 2.75) is 66.3 Å². The second-order valence-corrected chi connectivity index (χ2v) is 7.47. The fourth-order valence-electron chi connectivity index (χ4n) is 2.41. The van der Waals surface area contributed by atoms with Crippen LogP contribution in [0.3, 0.4) is 0 Å². The van der Waals surface area contributed by atoms with Gasteiger partial charge < -0.3 is 14.2 Å². The van der Waals surface area contributed by atoms with Gasteiger partial charge in [0.25, 0.3) is 0 Å². The molecule has 28 heavy (non-hydrogen) atoms. The molecule has 0 radical (unpaired) electrons. The zero-order chi connectivity index (χ0) is 20.6. The molecule has 0 aliphatic heterocycles. The van der Waals surface area contributed by atoms with Crippen molar-refractivity contribution in [1.82, 2.24) is 0 Å². The van der Waals surface area contributed by atoms with E-state index in [4.69, 9.17) is 14.2 Å². The van der Waals surface area contributed by atoms with Crippen LogP contribution in [0.25, 0.3) is 0 Å². The molecule has 2 aromatic carbocycles. The van der Waals surface area contributed by atoms with Crippen LogP contribution < -0.4 is 0 Å². The van der Waals surface area contributed by atoms with Crippen molar-refractivity contribution in [3.63, 3.8) is 0 Å². The van der Waals surface area contributed by atoms with E-state index in [1.807, 2.05) is 32.0 Å². The summed E-state index contributed by atoms with van der Waals surface area (Å²) >= 11 is 0. The summed E-state index contributed by atoms with van der Waals surface area (Å²) < 4.78 is 16.4. The Balaban J connectivity index is 0.000000283. The van der Waals surface area contributed by atoms with Crippen LogP contribution in [0.5, 0.6) is 0 Å². The lowest BCUT2D eigenvalue weighted by Gasteiger charge is -2.07. The maximum absolute atomic E-state index is 5.52. The molecule has 0 heterocycles. The van der Waals surface area contributed by atoms with Crippen LogP contribution >= 0.6 is 0 Å². The predicted octanol–water partition coefficient (Wildman–Crippen LogP) is 5.98. The largest absolute Gasteiger partial charge is 0.379 e. The summed E-state index contributed by atoms with van der Waals surface area (Å²) in [5, 5.41) is 0. The zero-order valence-electron chi connectivity index (χ0n) is 18.3. The standard InChI is InChI=1S/C13H20O2.C12H18O/c1-12(2)15-10-6-9-14-11-13-7-4-3-5-8-13;1-10(2)13-9-8-12-6-4-11(3)5-7-12/h3-5,7-8,12H,6,9-11H2,1-2H3;4-7,10H,8-9H2,1-3H3. The van der Waals surface area contributed by atoms with Crippen LogP contribution in [0.15, 0.2) is 54.6 Å². The summed E-state index contributed by atoms with van der Waals surface area (Å²) in [7, 11) is 0. The lowest BCUT2D eigenvalue weighted by atomic mass is 10.1. The fraction of sp³-hybridized carbons (Fsp3) is 0.520.